The van der Waals surface area contributed by atoms with Crippen molar-refractivity contribution in [3.63, 3.8) is 0 Å². The molecule has 1 aliphatic heterocycles. The molecule has 4 rings (SSSR count). The predicted octanol–water partition coefficient (Wildman–Crippen LogP) is 2.76. The molecule has 28 heavy (non-hydrogen) atoms. The van der Waals surface area contributed by atoms with E-state index in [1.807, 2.05) is 23.1 Å². The van der Waals surface area contributed by atoms with Gasteiger partial charge in [0.05, 0.1) is 24.7 Å². The fourth-order valence-electron chi connectivity index (χ4n) is 3.77. The highest BCUT2D eigenvalue weighted by Crippen LogP contribution is 2.24. The van der Waals surface area contributed by atoms with Crippen molar-refractivity contribution in [1.82, 2.24) is 19.4 Å². The van der Waals surface area contributed by atoms with Gasteiger partial charge in [-0.3, -0.25) is 9.69 Å². The third-order valence-electron chi connectivity index (χ3n) is 5.40. The molecular weight excluding hydrogens is 352 g/mol. The number of hydrogen-bond donors (Lipinski definition) is 0. The highest BCUT2D eigenvalue weighted by Gasteiger charge is 2.21. The number of carbonyl (C=O) groups excluding carboxylic acids is 1. The zero-order valence-corrected chi connectivity index (χ0v) is 16.5. The number of carbonyl (C=O) groups is 1. The van der Waals surface area contributed by atoms with Crippen molar-refractivity contribution in [2.24, 2.45) is 0 Å². The fourth-order valence-corrected chi connectivity index (χ4v) is 3.77. The molecule has 0 aliphatic carbocycles. The summed E-state index contributed by atoms with van der Waals surface area (Å²) in [6, 6.07) is 16.5. The Morgan fingerprint density at radius 1 is 1.04 bits per heavy atom. The first-order valence-corrected chi connectivity index (χ1v) is 9.69. The minimum absolute atomic E-state index is 0.156. The number of nitrogens with zero attached hydrogens (tertiary/aromatic N) is 4. The highest BCUT2D eigenvalue weighted by molar-refractivity contribution is 5.78. The van der Waals surface area contributed by atoms with Gasteiger partial charge in [-0.2, -0.15) is 0 Å². The van der Waals surface area contributed by atoms with Gasteiger partial charge >= 0.3 is 0 Å². The van der Waals surface area contributed by atoms with Crippen LogP contribution in [0.5, 0.6) is 5.75 Å². The van der Waals surface area contributed by atoms with E-state index in [0.717, 1.165) is 61.9 Å². The highest BCUT2D eigenvalue weighted by atomic mass is 16.5. The number of hydrogen-bond acceptors (Lipinski definition) is 4. The SMILES string of the molecule is COc1ccc2c(c1)nc(CN1CCN(C(C)=O)CC1)n2Cc1ccccc1. The Bertz CT molecular complexity index is 959. The Labute approximate surface area is 165 Å². The molecule has 146 valence electrons. The van der Waals surface area contributed by atoms with Crippen LogP contribution in [-0.2, 0) is 17.9 Å². The Morgan fingerprint density at radius 2 is 1.79 bits per heavy atom. The lowest BCUT2D eigenvalue weighted by Gasteiger charge is -2.34. The lowest BCUT2D eigenvalue weighted by Crippen LogP contribution is -2.47. The molecule has 1 amide bonds. The topological polar surface area (TPSA) is 50.6 Å². The van der Waals surface area contributed by atoms with Crippen LogP contribution < -0.4 is 4.74 Å². The van der Waals surface area contributed by atoms with E-state index in [0.29, 0.717) is 0 Å². The molecule has 0 saturated carbocycles. The molecule has 0 bridgehead atoms. The third kappa shape index (κ3) is 3.87. The van der Waals surface area contributed by atoms with Crippen LogP contribution in [0.15, 0.2) is 48.5 Å². The molecule has 2 aromatic carbocycles. The quantitative estimate of drug-likeness (QED) is 0.685. The Morgan fingerprint density at radius 3 is 2.46 bits per heavy atom. The smallest absolute Gasteiger partial charge is 0.219 e. The Hall–Kier alpha value is -2.86. The van der Waals surface area contributed by atoms with Gasteiger partial charge in [-0.15, -0.1) is 0 Å². The van der Waals surface area contributed by atoms with Gasteiger partial charge in [0.1, 0.15) is 11.6 Å². The maximum absolute atomic E-state index is 11.6. The summed E-state index contributed by atoms with van der Waals surface area (Å²) in [5.41, 5.74) is 3.31. The van der Waals surface area contributed by atoms with Gasteiger partial charge in [-0.25, -0.2) is 4.98 Å². The van der Waals surface area contributed by atoms with Crippen molar-refractivity contribution < 1.29 is 9.53 Å². The van der Waals surface area contributed by atoms with Crippen molar-refractivity contribution in [2.45, 2.75) is 20.0 Å². The molecule has 2 heterocycles. The van der Waals surface area contributed by atoms with Crippen LogP contribution in [0.3, 0.4) is 0 Å². The first-order chi connectivity index (χ1) is 13.6. The largest absolute Gasteiger partial charge is 0.497 e. The monoisotopic (exact) mass is 378 g/mol. The number of piperazine rings is 1. The zero-order valence-electron chi connectivity index (χ0n) is 16.5. The normalized spacial score (nSPS) is 15.1. The summed E-state index contributed by atoms with van der Waals surface area (Å²) in [6.07, 6.45) is 0. The van der Waals surface area contributed by atoms with Gasteiger partial charge in [0.2, 0.25) is 5.91 Å². The number of imidazole rings is 1. The Balaban J connectivity index is 1.62. The van der Waals surface area contributed by atoms with Crippen LogP contribution in [0, 0.1) is 0 Å². The summed E-state index contributed by atoms with van der Waals surface area (Å²) in [5, 5.41) is 0. The maximum Gasteiger partial charge on any atom is 0.219 e. The molecule has 3 aromatic rings. The van der Waals surface area contributed by atoms with Crippen LogP contribution in [-0.4, -0.2) is 58.5 Å². The molecule has 6 heteroatoms. The average molecular weight is 378 g/mol. The van der Waals surface area contributed by atoms with Crippen LogP contribution >= 0.6 is 0 Å². The summed E-state index contributed by atoms with van der Waals surface area (Å²) >= 11 is 0. The molecule has 0 atom stereocenters. The van der Waals surface area contributed by atoms with E-state index in [2.05, 4.69) is 39.8 Å². The average Bonchev–Trinajstić information content (AvgIpc) is 3.05. The summed E-state index contributed by atoms with van der Waals surface area (Å²) in [4.78, 5) is 20.8. The van der Waals surface area contributed by atoms with Gasteiger partial charge in [-0.1, -0.05) is 30.3 Å². The molecular formula is C22H26N4O2. The van der Waals surface area contributed by atoms with E-state index in [-0.39, 0.29) is 5.91 Å². The van der Waals surface area contributed by atoms with E-state index in [1.54, 1.807) is 14.0 Å². The van der Waals surface area contributed by atoms with Gasteiger partial charge in [0.25, 0.3) is 0 Å². The molecule has 1 aliphatic rings. The molecule has 0 N–H and O–H groups in total. The summed E-state index contributed by atoms with van der Waals surface area (Å²) in [5.74, 6) is 2.02. The number of ether oxygens (including phenoxy) is 1. The van der Waals surface area contributed by atoms with E-state index in [1.165, 1.54) is 5.56 Å². The second-order valence-corrected chi connectivity index (χ2v) is 7.24. The first kappa shape index (κ1) is 18.5. The molecule has 1 saturated heterocycles. The molecule has 0 radical (unpaired) electrons. The van der Waals surface area contributed by atoms with Crippen LogP contribution in [0.2, 0.25) is 0 Å². The summed E-state index contributed by atoms with van der Waals surface area (Å²) in [7, 11) is 1.68. The van der Waals surface area contributed by atoms with Crippen molar-refractivity contribution >= 4 is 16.9 Å². The van der Waals surface area contributed by atoms with E-state index >= 15 is 0 Å². The van der Waals surface area contributed by atoms with E-state index in [4.69, 9.17) is 9.72 Å². The van der Waals surface area contributed by atoms with Crippen LogP contribution in [0.1, 0.15) is 18.3 Å². The molecule has 1 aromatic heterocycles. The molecule has 0 spiro atoms. The molecule has 1 fully saturated rings. The number of rotatable bonds is 5. The van der Waals surface area contributed by atoms with Crippen molar-refractivity contribution in [1.29, 1.82) is 0 Å². The summed E-state index contributed by atoms with van der Waals surface area (Å²) in [6.45, 7) is 6.50. The van der Waals surface area contributed by atoms with Crippen LogP contribution in [0.25, 0.3) is 11.0 Å². The lowest BCUT2D eigenvalue weighted by atomic mass is 10.2. The third-order valence-corrected chi connectivity index (χ3v) is 5.40. The number of methoxy groups -OCH3 is 1. The van der Waals surface area contributed by atoms with E-state index in [9.17, 15) is 4.79 Å². The number of benzene rings is 2. The van der Waals surface area contributed by atoms with Gasteiger partial charge in [-0.05, 0) is 17.7 Å². The van der Waals surface area contributed by atoms with Crippen molar-refractivity contribution in [3.05, 3.63) is 59.9 Å². The van der Waals surface area contributed by atoms with Crippen molar-refractivity contribution in [2.75, 3.05) is 33.3 Å². The molecule has 0 unspecified atom stereocenters. The number of fused-ring (bicyclic) bond motifs is 1. The van der Waals surface area contributed by atoms with Gasteiger partial charge < -0.3 is 14.2 Å². The lowest BCUT2D eigenvalue weighted by molar-refractivity contribution is -0.130. The predicted molar refractivity (Wildman–Crippen MR) is 109 cm³/mol. The van der Waals surface area contributed by atoms with Gasteiger partial charge in [0.15, 0.2) is 0 Å². The van der Waals surface area contributed by atoms with E-state index < -0.39 is 0 Å². The standard InChI is InChI=1S/C22H26N4O2/c1-17(27)25-12-10-24(11-13-25)16-22-23-20-14-19(28-2)8-9-21(20)26(22)15-18-6-4-3-5-7-18/h3-9,14H,10-13,15-16H2,1-2H3. The number of amides is 1. The first-order valence-electron chi connectivity index (χ1n) is 9.69. The zero-order chi connectivity index (χ0) is 19.5. The Kier molecular flexibility index (Phi) is 5.30. The van der Waals surface area contributed by atoms with Gasteiger partial charge in [0, 0.05) is 45.7 Å². The maximum atomic E-state index is 11.6. The summed E-state index contributed by atoms with van der Waals surface area (Å²) < 4.78 is 7.67. The van der Waals surface area contributed by atoms with Crippen LogP contribution in [0.4, 0.5) is 0 Å². The van der Waals surface area contributed by atoms with Crippen molar-refractivity contribution in [3.8, 4) is 5.75 Å². The number of aromatic nitrogens is 2. The molecule has 6 nitrogen and oxygen atoms in total. The minimum atomic E-state index is 0.156. The fraction of sp³-hybridized carbons (Fsp3) is 0.364. The minimum Gasteiger partial charge on any atom is -0.497 e. The second-order valence-electron chi connectivity index (χ2n) is 7.24. The second kappa shape index (κ2) is 8.02.